The molecule has 2 heterocycles. The number of hydrogen-bond acceptors (Lipinski definition) is 5. The van der Waals surface area contributed by atoms with Gasteiger partial charge in [0.25, 0.3) is 0 Å². The van der Waals surface area contributed by atoms with Gasteiger partial charge in [0.05, 0.1) is 18.2 Å². The number of pyridine rings is 1. The van der Waals surface area contributed by atoms with Crippen LogP contribution in [0.5, 0.6) is 0 Å². The molecule has 6 nitrogen and oxygen atoms in total. The third-order valence-corrected chi connectivity index (χ3v) is 8.67. The molecule has 7 atom stereocenters. The van der Waals surface area contributed by atoms with E-state index < -0.39 is 0 Å². The number of halogens is 1. The summed E-state index contributed by atoms with van der Waals surface area (Å²) in [6.07, 6.45) is 8.95. The van der Waals surface area contributed by atoms with E-state index in [1.165, 1.54) is 12.1 Å². The lowest BCUT2D eigenvalue weighted by Gasteiger charge is -2.54. The van der Waals surface area contributed by atoms with Gasteiger partial charge >= 0.3 is 12.1 Å². The zero-order chi connectivity index (χ0) is 26.2. The minimum Gasteiger partial charge on any atom is -0.462 e. The average Bonchev–Trinajstić information content (AvgIpc) is 3.14. The summed E-state index contributed by atoms with van der Waals surface area (Å²) in [4.78, 5) is 29.5. The van der Waals surface area contributed by atoms with Crippen LogP contribution < -0.4 is 5.32 Å². The highest BCUT2D eigenvalue weighted by Gasteiger charge is 2.58. The number of benzene rings is 1. The fraction of sp³-hybridized carbons (Fsp3) is 0.500. The van der Waals surface area contributed by atoms with Gasteiger partial charge in [0.1, 0.15) is 11.9 Å². The van der Waals surface area contributed by atoms with E-state index in [2.05, 4.69) is 23.3 Å². The number of nitrogens with zero attached hydrogens (tertiary/aromatic N) is 1. The number of carbonyl (C=O) groups excluding carboxylic acids is 2. The Morgan fingerprint density at radius 1 is 1.24 bits per heavy atom. The van der Waals surface area contributed by atoms with Crippen LogP contribution >= 0.6 is 0 Å². The van der Waals surface area contributed by atoms with E-state index >= 15 is 0 Å². The van der Waals surface area contributed by atoms with Crippen LogP contribution in [-0.4, -0.2) is 35.8 Å². The molecule has 0 bridgehead atoms. The molecule has 3 aliphatic rings. The summed E-state index contributed by atoms with van der Waals surface area (Å²) in [7, 11) is 0. The Hall–Kier alpha value is -3.22. The van der Waals surface area contributed by atoms with Crippen molar-refractivity contribution in [3.05, 3.63) is 60.2 Å². The number of alkyl carbamates (subject to hydrolysis) is 1. The second kappa shape index (κ2) is 10.3. The highest BCUT2D eigenvalue weighted by molar-refractivity contribution is 5.76. The predicted molar refractivity (Wildman–Crippen MR) is 139 cm³/mol. The fourth-order valence-corrected chi connectivity index (χ4v) is 7.12. The van der Waals surface area contributed by atoms with Crippen LogP contribution in [0.2, 0.25) is 0 Å². The Bertz CT molecular complexity index is 1180. The molecule has 1 aromatic heterocycles. The topological polar surface area (TPSA) is 77.5 Å². The highest BCUT2D eigenvalue weighted by Crippen LogP contribution is 2.59. The van der Waals surface area contributed by atoms with Gasteiger partial charge in [-0.1, -0.05) is 31.2 Å². The number of hydrogen-bond donors (Lipinski definition) is 1. The Morgan fingerprint density at radius 2 is 2.08 bits per heavy atom. The van der Waals surface area contributed by atoms with Crippen molar-refractivity contribution >= 4 is 18.1 Å². The van der Waals surface area contributed by atoms with Gasteiger partial charge in [-0.3, -0.25) is 9.78 Å². The maximum absolute atomic E-state index is 13.6. The smallest absolute Gasteiger partial charge is 0.407 e. The van der Waals surface area contributed by atoms with E-state index in [-0.39, 0.29) is 53.2 Å². The van der Waals surface area contributed by atoms with Crippen molar-refractivity contribution in [2.24, 2.45) is 29.1 Å². The van der Waals surface area contributed by atoms with Crippen molar-refractivity contribution in [2.45, 2.75) is 58.6 Å². The van der Waals surface area contributed by atoms with E-state index in [0.717, 1.165) is 42.5 Å². The number of rotatable bonds is 5. The third-order valence-electron chi connectivity index (χ3n) is 8.67. The maximum Gasteiger partial charge on any atom is 0.407 e. The van der Waals surface area contributed by atoms with E-state index in [1.807, 2.05) is 31.2 Å². The molecule has 2 aliphatic carbocycles. The summed E-state index contributed by atoms with van der Waals surface area (Å²) < 4.78 is 24.5. The van der Waals surface area contributed by atoms with E-state index in [9.17, 15) is 14.0 Å². The molecule has 1 aromatic carbocycles. The first-order valence-corrected chi connectivity index (χ1v) is 13.3. The lowest BCUT2D eigenvalue weighted by Crippen LogP contribution is -2.53. The van der Waals surface area contributed by atoms with Gasteiger partial charge in [-0.25, -0.2) is 9.18 Å². The van der Waals surface area contributed by atoms with Crippen molar-refractivity contribution in [1.29, 1.82) is 0 Å². The van der Waals surface area contributed by atoms with Crippen molar-refractivity contribution in [3.63, 3.8) is 0 Å². The lowest BCUT2D eigenvalue weighted by molar-refractivity contribution is -0.145. The fourth-order valence-electron chi connectivity index (χ4n) is 7.12. The molecule has 3 fully saturated rings. The molecule has 5 rings (SSSR count). The second-order valence-electron chi connectivity index (χ2n) is 11.1. The first-order chi connectivity index (χ1) is 17.8. The number of esters is 1. The standard InChI is InChI=1S/C30H35FN2O4/c1-4-36-29(35)33-23-11-13-26-24(27-18(2)37-28(34)25(27)16-30(26,3)15-23)12-10-22-9-8-20(17-32-22)19-6-5-7-21(31)14-19/h5-10,12,14,17-18,23-27H,4,11,13,15-16H2,1-3H3,(H,33,35)/b12-10+/t18-,23+,24+,25+,26+,27+,30+/m0/s1. The number of carbonyl (C=O) groups is 2. The molecule has 7 heteroatoms. The molecule has 2 saturated carbocycles. The Balaban J connectivity index is 1.38. The second-order valence-corrected chi connectivity index (χ2v) is 11.1. The third kappa shape index (κ3) is 5.13. The van der Waals surface area contributed by atoms with Crippen LogP contribution in [0.3, 0.4) is 0 Å². The largest absolute Gasteiger partial charge is 0.462 e. The predicted octanol–water partition coefficient (Wildman–Crippen LogP) is 6.02. The summed E-state index contributed by atoms with van der Waals surface area (Å²) in [5, 5.41) is 3.02. The minimum atomic E-state index is -0.374. The molecule has 2 aromatic rings. The normalized spacial score (nSPS) is 32.9. The molecule has 1 N–H and O–H groups in total. The summed E-state index contributed by atoms with van der Waals surface area (Å²) in [5.41, 5.74) is 2.37. The number of fused-ring (bicyclic) bond motifs is 2. The number of allylic oxidation sites excluding steroid dienone is 1. The van der Waals surface area contributed by atoms with Gasteiger partial charge in [-0.05, 0) is 86.6 Å². The molecule has 1 saturated heterocycles. The molecular weight excluding hydrogens is 471 g/mol. The van der Waals surface area contributed by atoms with Crippen molar-refractivity contribution in [2.75, 3.05) is 6.61 Å². The Kier molecular flexibility index (Phi) is 7.06. The number of nitrogens with one attached hydrogen (secondary N) is 1. The van der Waals surface area contributed by atoms with Crippen LogP contribution in [0, 0.1) is 34.9 Å². The quantitative estimate of drug-likeness (QED) is 0.502. The monoisotopic (exact) mass is 506 g/mol. The number of ether oxygens (including phenoxy) is 2. The van der Waals surface area contributed by atoms with Crippen LogP contribution in [-0.2, 0) is 14.3 Å². The van der Waals surface area contributed by atoms with E-state index in [4.69, 9.17) is 9.47 Å². The van der Waals surface area contributed by atoms with Crippen LogP contribution in [0.15, 0.2) is 48.7 Å². The maximum atomic E-state index is 13.6. The number of aromatic nitrogens is 1. The summed E-state index contributed by atoms with van der Waals surface area (Å²) in [6, 6.07) is 10.4. The van der Waals surface area contributed by atoms with Gasteiger partial charge < -0.3 is 14.8 Å². The van der Waals surface area contributed by atoms with Crippen LogP contribution in [0.25, 0.3) is 17.2 Å². The zero-order valence-electron chi connectivity index (χ0n) is 21.7. The van der Waals surface area contributed by atoms with Gasteiger partial charge in [0, 0.05) is 23.7 Å². The molecular formula is C30H35FN2O4. The van der Waals surface area contributed by atoms with Gasteiger partial charge in [0.2, 0.25) is 0 Å². The first-order valence-electron chi connectivity index (χ1n) is 13.3. The highest BCUT2D eigenvalue weighted by atomic mass is 19.1. The first kappa shape index (κ1) is 25.4. The molecule has 0 radical (unpaired) electrons. The van der Waals surface area contributed by atoms with Crippen molar-refractivity contribution in [3.8, 4) is 11.1 Å². The van der Waals surface area contributed by atoms with E-state index in [1.54, 1.807) is 19.2 Å². The minimum absolute atomic E-state index is 0.0355. The van der Waals surface area contributed by atoms with Crippen molar-refractivity contribution < 1.29 is 23.5 Å². The average molecular weight is 507 g/mol. The number of amides is 1. The Morgan fingerprint density at radius 3 is 2.81 bits per heavy atom. The van der Waals surface area contributed by atoms with Crippen LogP contribution in [0.4, 0.5) is 9.18 Å². The lowest BCUT2D eigenvalue weighted by atomic mass is 9.50. The number of cyclic esters (lactones) is 1. The molecule has 1 amide bonds. The van der Waals surface area contributed by atoms with E-state index in [0.29, 0.717) is 12.5 Å². The van der Waals surface area contributed by atoms with Crippen molar-refractivity contribution in [1.82, 2.24) is 10.3 Å². The van der Waals surface area contributed by atoms with Gasteiger partial charge in [0.15, 0.2) is 0 Å². The molecule has 37 heavy (non-hydrogen) atoms. The molecule has 196 valence electrons. The molecule has 0 spiro atoms. The Labute approximate surface area is 217 Å². The van der Waals surface area contributed by atoms with Gasteiger partial charge in [-0.2, -0.15) is 0 Å². The molecule has 1 aliphatic heterocycles. The van der Waals surface area contributed by atoms with Gasteiger partial charge in [-0.15, -0.1) is 0 Å². The SMILES string of the molecule is CCOC(=O)N[C@@H]1CC[C@@H]2[C@@H](/C=C/c3ccc(-c4cccc(F)c4)cn3)[C@H]3[C@H](C)OC(=O)[C@@H]3C[C@@]2(C)C1. The summed E-state index contributed by atoms with van der Waals surface area (Å²) in [6.45, 7) is 6.41. The van der Waals surface area contributed by atoms with Crippen LogP contribution in [0.1, 0.15) is 52.1 Å². The summed E-state index contributed by atoms with van der Waals surface area (Å²) >= 11 is 0. The molecule has 0 unspecified atom stereocenters. The summed E-state index contributed by atoms with van der Waals surface area (Å²) in [5.74, 6) is 0.144. The zero-order valence-corrected chi connectivity index (χ0v) is 21.7.